The highest BCUT2D eigenvalue weighted by atomic mass is 19.1. The van der Waals surface area contributed by atoms with E-state index in [0.717, 1.165) is 0 Å². The van der Waals surface area contributed by atoms with Gasteiger partial charge >= 0.3 is 0 Å². The minimum atomic E-state index is -1.75. The van der Waals surface area contributed by atoms with Gasteiger partial charge in [-0.25, -0.2) is 9.38 Å². The normalized spacial score (nSPS) is 34.6. The van der Waals surface area contributed by atoms with Crippen molar-refractivity contribution in [2.75, 3.05) is 6.61 Å². The van der Waals surface area contributed by atoms with Crippen molar-refractivity contribution >= 4 is 12.2 Å². The molecule has 0 aromatic heterocycles. The molecular formula is C13H19FN4O3. The van der Waals surface area contributed by atoms with Gasteiger partial charge in [-0.05, 0) is 12.8 Å². The fourth-order valence-corrected chi connectivity index (χ4v) is 2.24. The number of nitrogens with zero attached hydrogens (tertiary/aromatic N) is 2. The molecule has 2 heterocycles. The molecule has 116 valence electrons. The van der Waals surface area contributed by atoms with E-state index in [1.54, 1.807) is 6.08 Å². The molecule has 0 saturated carbocycles. The van der Waals surface area contributed by atoms with Crippen LogP contribution in [0.3, 0.4) is 0 Å². The van der Waals surface area contributed by atoms with Gasteiger partial charge in [-0.15, -0.1) is 6.58 Å². The third kappa shape index (κ3) is 2.82. The Morgan fingerprint density at radius 1 is 1.67 bits per heavy atom. The van der Waals surface area contributed by atoms with E-state index in [9.17, 15) is 9.50 Å². The van der Waals surface area contributed by atoms with Crippen molar-refractivity contribution in [2.24, 2.45) is 10.7 Å². The van der Waals surface area contributed by atoms with Crippen LogP contribution in [0.4, 0.5) is 4.39 Å². The smallest absolute Gasteiger partial charge is 0.173 e. The van der Waals surface area contributed by atoms with Crippen LogP contribution in [0.25, 0.3) is 0 Å². The van der Waals surface area contributed by atoms with Crippen molar-refractivity contribution in [1.29, 1.82) is 5.41 Å². The summed E-state index contributed by atoms with van der Waals surface area (Å²) < 4.78 is 19.3. The molecule has 0 amide bonds. The lowest BCUT2D eigenvalue weighted by Crippen LogP contribution is -2.42. The summed E-state index contributed by atoms with van der Waals surface area (Å²) in [5.41, 5.74) is 6.53. The van der Waals surface area contributed by atoms with Crippen LogP contribution in [0.2, 0.25) is 0 Å². The van der Waals surface area contributed by atoms with Gasteiger partial charge in [0.1, 0.15) is 17.9 Å². The van der Waals surface area contributed by atoms with Gasteiger partial charge in [0.2, 0.25) is 0 Å². The van der Waals surface area contributed by atoms with E-state index >= 15 is 0 Å². The number of halogens is 1. The molecule has 0 bridgehead atoms. The number of allylic oxidation sites excluding steroid dienone is 2. The van der Waals surface area contributed by atoms with E-state index < -0.39 is 31.2 Å². The zero-order valence-corrected chi connectivity index (χ0v) is 11.4. The van der Waals surface area contributed by atoms with Crippen LogP contribution in [0.15, 0.2) is 29.0 Å². The largest absolute Gasteiger partial charge is 0.400 e. The summed E-state index contributed by atoms with van der Waals surface area (Å²) in [6.07, 6.45) is -1.30. The zero-order chi connectivity index (χ0) is 15.6. The number of ether oxygens (including phenoxy) is 1. The van der Waals surface area contributed by atoms with Crippen LogP contribution in [-0.2, 0) is 4.74 Å². The van der Waals surface area contributed by atoms with Gasteiger partial charge in [-0.2, -0.15) is 0 Å². The van der Waals surface area contributed by atoms with Crippen molar-refractivity contribution < 1.29 is 19.3 Å². The number of amidine groups is 1. The quantitative estimate of drug-likeness (QED) is 0.527. The third-order valence-corrected chi connectivity index (χ3v) is 3.46. The van der Waals surface area contributed by atoms with Gasteiger partial charge in [0.05, 0.1) is 12.9 Å². The van der Waals surface area contributed by atoms with E-state index in [1.807, 2.05) is 0 Å². The van der Waals surface area contributed by atoms with E-state index in [-0.39, 0.29) is 11.5 Å². The summed E-state index contributed by atoms with van der Waals surface area (Å²) in [6.45, 7) is 3.09. The number of hydrogen-bond acceptors (Lipinski definition) is 6. The number of hydrogen-bond donors (Lipinski definition) is 4. The number of nitrogens with one attached hydrogen (secondary N) is 1. The number of nitrogens with two attached hydrogens (primary N) is 1. The predicted octanol–water partition coefficient (Wildman–Crippen LogP) is -0.140. The Morgan fingerprint density at radius 2 is 2.38 bits per heavy atom. The van der Waals surface area contributed by atoms with Crippen LogP contribution >= 0.6 is 0 Å². The van der Waals surface area contributed by atoms with Crippen LogP contribution in [0, 0.1) is 5.41 Å². The summed E-state index contributed by atoms with van der Waals surface area (Å²) in [6, 6.07) is 0. The van der Waals surface area contributed by atoms with E-state index in [0.29, 0.717) is 18.5 Å². The first-order valence-corrected chi connectivity index (χ1v) is 6.60. The molecule has 8 heteroatoms. The van der Waals surface area contributed by atoms with Gasteiger partial charge in [0.25, 0.3) is 0 Å². The number of aliphatic hydroxyl groups excluding tert-OH is 2. The molecule has 0 aromatic rings. The summed E-state index contributed by atoms with van der Waals surface area (Å²) >= 11 is 0. The summed E-state index contributed by atoms with van der Waals surface area (Å²) in [5, 5.41) is 26.7. The molecule has 4 atom stereocenters. The highest BCUT2D eigenvalue weighted by molar-refractivity contribution is 6.07. The average Bonchev–Trinajstić information content (AvgIpc) is 2.98. The van der Waals surface area contributed by atoms with Crippen molar-refractivity contribution in [3.8, 4) is 0 Å². The second kappa shape index (κ2) is 6.33. The highest BCUT2D eigenvalue weighted by Crippen LogP contribution is 2.29. The topological polar surface area (TPSA) is 115 Å². The van der Waals surface area contributed by atoms with Gasteiger partial charge in [-0.3, -0.25) is 10.3 Å². The molecule has 5 N–H and O–H groups in total. The molecule has 0 aliphatic carbocycles. The summed E-state index contributed by atoms with van der Waals surface area (Å²) in [7, 11) is 0. The summed E-state index contributed by atoms with van der Waals surface area (Å²) in [5.74, 6) is -0.0880. The van der Waals surface area contributed by atoms with Crippen molar-refractivity contribution in [2.45, 2.75) is 37.4 Å². The van der Waals surface area contributed by atoms with Gasteiger partial charge < -0.3 is 20.7 Å². The van der Waals surface area contributed by atoms with Crippen molar-refractivity contribution in [3.05, 3.63) is 24.0 Å². The third-order valence-electron chi connectivity index (χ3n) is 3.46. The maximum absolute atomic E-state index is 14.0. The van der Waals surface area contributed by atoms with Gasteiger partial charge in [0.15, 0.2) is 18.2 Å². The number of aliphatic imine (C=N–C) groups is 1. The maximum Gasteiger partial charge on any atom is 0.173 e. The average molecular weight is 298 g/mol. The molecule has 0 radical (unpaired) electrons. The number of aliphatic hydroxyl groups is 2. The highest BCUT2D eigenvalue weighted by Gasteiger charge is 2.48. The lowest BCUT2D eigenvalue weighted by molar-refractivity contribution is -0.0458. The Morgan fingerprint density at radius 3 is 2.95 bits per heavy atom. The Hall–Kier alpha value is -1.77. The zero-order valence-electron chi connectivity index (χ0n) is 11.4. The first-order valence-electron chi connectivity index (χ1n) is 6.60. The first kappa shape index (κ1) is 15.6. The van der Waals surface area contributed by atoms with Gasteiger partial charge in [-0.1, -0.05) is 6.08 Å². The number of rotatable bonds is 5. The first-order chi connectivity index (χ1) is 10.0. The molecule has 0 spiro atoms. The second-order valence-corrected chi connectivity index (χ2v) is 4.88. The van der Waals surface area contributed by atoms with E-state index in [1.165, 1.54) is 11.2 Å². The predicted molar refractivity (Wildman–Crippen MR) is 75.4 cm³/mol. The molecule has 1 unspecified atom stereocenters. The second-order valence-electron chi connectivity index (χ2n) is 4.88. The lowest BCUT2D eigenvalue weighted by Gasteiger charge is -2.23. The Labute approximate surface area is 121 Å². The Balaban J connectivity index is 2.13. The molecule has 2 aliphatic rings. The van der Waals surface area contributed by atoms with Crippen molar-refractivity contribution in [1.82, 2.24) is 4.90 Å². The Bertz CT molecular complexity index is 494. The van der Waals surface area contributed by atoms with Gasteiger partial charge in [0, 0.05) is 5.70 Å². The fourth-order valence-electron chi connectivity index (χ4n) is 2.24. The molecule has 7 nitrogen and oxygen atoms in total. The minimum Gasteiger partial charge on any atom is -0.400 e. The standard InChI is InChI=1S/C13H19FN4O3/c1-2-3-4-7(15)10-12(16)18(6-17-10)13-9(14)11(20)8(5-19)21-13/h2,6,8-9,11,13,16,19-20H,1,3-5,15H2/b10-7+,16-12?/t8-,9-,11-,13?/m1/s1. The fraction of sp³-hybridized carbons (Fsp3) is 0.538. The van der Waals surface area contributed by atoms with E-state index in [4.69, 9.17) is 21.0 Å². The molecule has 21 heavy (non-hydrogen) atoms. The van der Waals surface area contributed by atoms with Crippen LogP contribution in [0.5, 0.6) is 0 Å². The number of alkyl halides is 1. The van der Waals surface area contributed by atoms with Crippen LogP contribution in [0.1, 0.15) is 12.8 Å². The van der Waals surface area contributed by atoms with E-state index in [2.05, 4.69) is 11.6 Å². The Kier molecular flexibility index (Phi) is 4.71. The molecular weight excluding hydrogens is 279 g/mol. The lowest BCUT2D eigenvalue weighted by atomic mass is 10.1. The van der Waals surface area contributed by atoms with Crippen LogP contribution in [-0.4, -0.2) is 58.5 Å². The molecule has 0 aromatic carbocycles. The molecule has 2 aliphatic heterocycles. The van der Waals surface area contributed by atoms with Crippen LogP contribution < -0.4 is 5.73 Å². The monoisotopic (exact) mass is 298 g/mol. The van der Waals surface area contributed by atoms with Crippen molar-refractivity contribution in [3.63, 3.8) is 0 Å². The maximum atomic E-state index is 14.0. The SMILES string of the molecule is C=CCC/C(N)=C1\N=CN(C2O[C@H](CO)[C@@H](O)[C@H]2F)C1=N. The summed E-state index contributed by atoms with van der Waals surface area (Å²) in [4.78, 5) is 5.18. The minimum absolute atomic E-state index is 0.0880. The molecule has 1 saturated heterocycles. The molecule has 2 rings (SSSR count). The molecule has 1 fully saturated rings.